The summed E-state index contributed by atoms with van der Waals surface area (Å²) in [4.78, 5) is 15.1. The van der Waals surface area contributed by atoms with Gasteiger partial charge in [0.25, 0.3) is 0 Å². The number of anilines is 1. The molecule has 0 saturated carbocycles. The van der Waals surface area contributed by atoms with E-state index in [0.717, 1.165) is 12.0 Å². The first kappa shape index (κ1) is 13.8. The molecule has 0 fully saturated rings. The van der Waals surface area contributed by atoms with Crippen LogP contribution < -0.4 is 5.73 Å². The number of nitrogen functional groups attached to an aromatic ring is 1. The minimum absolute atomic E-state index is 0.158. The fourth-order valence-electron chi connectivity index (χ4n) is 1.84. The zero-order valence-electron chi connectivity index (χ0n) is 10.00. The predicted octanol–water partition coefficient (Wildman–Crippen LogP) is 2.18. The Morgan fingerprint density at radius 3 is 2.65 bits per heavy atom. The lowest BCUT2D eigenvalue weighted by molar-refractivity contribution is -0.137. The number of aromatic nitrogens is 1. The van der Waals surface area contributed by atoms with Crippen molar-refractivity contribution in [2.75, 3.05) is 5.73 Å². The highest BCUT2D eigenvalue weighted by atomic mass is 32.1. The van der Waals surface area contributed by atoms with Crippen molar-refractivity contribution in [3.8, 4) is 0 Å². The smallest absolute Gasteiger partial charge is 0.316 e. The van der Waals surface area contributed by atoms with Crippen molar-refractivity contribution in [2.45, 2.75) is 31.4 Å². The first-order valence-electron chi connectivity index (χ1n) is 5.59. The monoisotopic (exact) mass is 254 g/mol. The van der Waals surface area contributed by atoms with Crippen molar-refractivity contribution in [3.05, 3.63) is 23.9 Å². The number of hydrogen-bond acceptors (Lipinski definition) is 4. The van der Waals surface area contributed by atoms with Crippen LogP contribution in [0, 0.1) is 5.92 Å². The Hall–Kier alpha value is -1.23. The van der Waals surface area contributed by atoms with Gasteiger partial charge in [-0.3, -0.25) is 4.79 Å². The van der Waals surface area contributed by atoms with Crippen LogP contribution >= 0.6 is 12.6 Å². The van der Waals surface area contributed by atoms with Crippen LogP contribution in [0.5, 0.6) is 0 Å². The van der Waals surface area contributed by atoms with Crippen LogP contribution in [-0.2, 0) is 4.79 Å². The van der Waals surface area contributed by atoms with Gasteiger partial charge in [0.15, 0.2) is 0 Å². The Labute approximate surface area is 107 Å². The minimum Gasteiger partial charge on any atom is -0.480 e. The van der Waals surface area contributed by atoms with Crippen LogP contribution in [0.1, 0.15) is 31.7 Å². The number of hydrogen-bond donors (Lipinski definition) is 3. The van der Waals surface area contributed by atoms with Gasteiger partial charge in [0.2, 0.25) is 0 Å². The molecule has 0 aliphatic rings. The van der Waals surface area contributed by atoms with Crippen LogP contribution in [0.25, 0.3) is 0 Å². The number of aliphatic carboxylic acids is 1. The molecule has 3 unspecified atom stereocenters. The standard InChI is InChI=1S/C12H18N2O2S/c1-3-7(2)10(11(17)12(15)16)8-4-5-9(13)14-6-8/h4-7,10-11,17H,3H2,1-2H3,(H2,13,14)(H,15,16). The highest BCUT2D eigenvalue weighted by Crippen LogP contribution is 2.33. The number of nitrogens with zero attached hydrogens (tertiary/aromatic N) is 1. The average Bonchev–Trinajstić information content (AvgIpc) is 2.31. The molecule has 0 radical (unpaired) electrons. The lowest BCUT2D eigenvalue weighted by Gasteiger charge is -2.26. The van der Waals surface area contributed by atoms with Crippen LogP contribution in [0.3, 0.4) is 0 Å². The van der Waals surface area contributed by atoms with E-state index in [-0.39, 0.29) is 11.8 Å². The first-order chi connectivity index (χ1) is 7.97. The SMILES string of the molecule is CCC(C)C(c1ccc(N)nc1)C(S)C(=O)O. The molecule has 1 aromatic rings. The maximum Gasteiger partial charge on any atom is 0.316 e. The molecule has 17 heavy (non-hydrogen) atoms. The molecular weight excluding hydrogens is 236 g/mol. The second-order valence-electron chi connectivity index (χ2n) is 4.21. The molecule has 3 atom stereocenters. The lowest BCUT2D eigenvalue weighted by Crippen LogP contribution is -2.27. The van der Waals surface area contributed by atoms with Gasteiger partial charge in [0.1, 0.15) is 11.1 Å². The molecule has 3 N–H and O–H groups in total. The highest BCUT2D eigenvalue weighted by Gasteiger charge is 2.30. The fourth-order valence-corrected chi connectivity index (χ4v) is 2.31. The van der Waals surface area contributed by atoms with Gasteiger partial charge in [-0.25, -0.2) is 4.98 Å². The second kappa shape index (κ2) is 5.91. The largest absolute Gasteiger partial charge is 0.480 e. The van der Waals surface area contributed by atoms with Crippen LogP contribution in [-0.4, -0.2) is 21.3 Å². The summed E-state index contributed by atoms with van der Waals surface area (Å²) in [6.45, 7) is 4.05. The fraction of sp³-hybridized carbons (Fsp3) is 0.500. The molecule has 4 nitrogen and oxygen atoms in total. The summed E-state index contributed by atoms with van der Waals surface area (Å²) in [5.41, 5.74) is 6.40. The molecule has 0 saturated heterocycles. The molecule has 0 amide bonds. The van der Waals surface area contributed by atoms with Crippen molar-refractivity contribution in [1.29, 1.82) is 0 Å². The van der Waals surface area contributed by atoms with E-state index < -0.39 is 11.2 Å². The maximum absolute atomic E-state index is 11.1. The van der Waals surface area contributed by atoms with Gasteiger partial charge in [-0.2, -0.15) is 12.6 Å². The third-order valence-electron chi connectivity index (χ3n) is 3.04. The van der Waals surface area contributed by atoms with Gasteiger partial charge >= 0.3 is 5.97 Å². The Morgan fingerprint density at radius 1 is 1.59 bits per heavy atom. The van der Waals surface area contributed by atoms with Crippen molar-refractivity contribution < 1.29 is 9.90 Å². The number of nitrogens with two attached hydrogens (primary N) is 1. The molecule has 0 aliphatic carbocycles. The van der Waals surface area contributed by atoms with Gasteiger partial charge in [-0.1, -0.05) is 26.3 Å². The van der Waals surface area contributed by atoms with E-state index in [4.69, 9.17) is 10.8 Å². The normalized spacial score (nSPS) is 16.2. The molecule has 1 heterocycles. The van der Waals surface area contributed by atoms with Crippen molar-refractivity contribution in [2.24, 2.45) is 5.92 Å². The zero-order valence-corrected chi connectivity index (χ0v) is 10.9. The Balaban J connectivity index is 3.05. The number of rotatable bonds is 5. The van der Waals surface area contributed by atoms with E-state index in [2.05, 4.69) is 17.6 Å². The summed E-state index contributed by atoms with van der Waals surface area (Å²) in [5.74, 6) is -0.411. The minimum atomic E-state index is -0.907. The number of thiol groups is 1. The molecule has 5 heteroatoms. The summed E-state index contributed by atoms with van der Waals surface area (Å²) < 4.78 is 0. The van der Waals surface area contributed by atoms with Gasteiger partial charge < -0.3 is 10.8 Å². The molecule has 0 aromatic carbocycles. The van der Waals surface area contributed by atoms with Gasteiger partial charge in [-0.05, 0) is 17.5 Å². The van der Waals surface area contributed by atoms with Crippen LogP contribution in [0.15, 0.2) is 18.3 Å². The van der Waals surface area contributed by atoms with Crippen molar-refractivity contribution >= 4 is 24.4 Å². The number of carbonyl (C=O) groups is 1. The summed E-state index contributed by atoms with van der Waals surface area (Å²) in [5, 5.41) is 8.36. The van der Waals surface area contributed by atoms with E-state index in [1.807, 2.05) is 19.9 Å². The molecule has 1 aromatic heterocycles. The third kappa shape index (κ3) is 3.36. The number of pyridine rings is 1. The molecular formula is C12H18N2O2S. The van der Waals surface area contributed by atoms with Gasteiger partial charge in [0, 0.05) is 12.1 Å². The van der Waals surface area contributed by atoms with E-state index in [1.165, 1.54) is 0 Å². The summed E-state index contributed by atoms with van der Waals surface area (Å²) in [6, 6.07) is 3.51. The van der Waals surface area contributed by atoms with Gasteiger partial charge in [0.05, 0.1) is 0 Å². The van der Waals surface area contributed by atoms with E-state index in [9.17, 15) is 4.79 Å². The molecule has 94 valence electrons. The van der Waals surface area contributed by atoms with Crippen molar-refractivity contribution in [1.82, 2.24) is 4.98 Å². The average molecular weight is 254 g/mol. The van der Waals surface area contributed by atoms with Crippen LogP contribution in [0.2, 0.25) is 0 Å². The zero-order chi connectivity index (χ0) is 13.0. The lowest BCUT2D eigenvalue weighted by atomic mass is 9.83. The topological polar surface area (TPSA) is 76.2 Å². The molecule has 0 aliphatic heterocycles. The third-order valence-corrected chi connectivity index (χ3v) is 3.59. The first-order valence-corrected chi connectivity index (χ1v) is 6.11. The molecule has 1 rings (SSSR count). The number of carboxylic acids is 1. The van der Waals surface area contributed by atoms with E-state index in [0.29, 0.717) is 5.82 Å². The molecule has 0 bridgehead atoms. The quantitative estimate of drug-likeness (QED) is 0.704. The van der Waals surface area contributed by atoms with E-state index in [1.54, 1.807) is 12.3 Å². The van der Waals surface area contributed by atoms with E-state index >= 15 is 0 Å². The highest BCUT2D eigenvalue weighted by molar-refractivity contribution is 7.81. The Bertz CT molecular complexity index is 381. The van der Waals surface area contributed by atoms with Gasteiger partial charge in [-0.15, -0.1) is 0 Å². The summed E-state index contributed by atoms with van der Waals surface area (Å²) in [7, 11) is 0. The summed E-state index contributed by atoms with van der Waals surface area (Å²) in [6.07, 6.45) is 2.53. The molecule has 0 spiro atoms. The predicted molar refractivity (Wildman–Crippen MR) is 71.3 cm³/mol. The number of carboxylic acid groups (broad SMARTS) is 1. The maximum atomic E-state index is 11.1. The Kier molecular flexibility index (Phi) is 4.81. The Morgan fingerprint density at radius 2 is 2.24 bits per heavy atom. The summed E-state index contributed by atoms with van der Waals surface area (Å²) >= 11 is 4.19. The van der Waals surface area contributed by atoms with Crippen LogP contribution in [0.4, 0.5) is 5.82 Å². The second-order valence-corrected chi connectivity index (χ2v) is 4.77. The van der Waals surface area contributed by atoms with Crippen molar-refractivity contribution in [3.63, 3.8) is 0 Å².